The SMILES string of the molecule is CCCN(C1CCNC1)C(C)c1ccc(Cl)cc1. The zero-order valence-corrected chi connectivity index (χ0v) is 12.1. The van der Waals surface area contributed by atoms with E-state index in [1.807, 2.05) is 12.1 Å². The Hall–Kier alpha value is -0.570. The van der Waals surface area contributed by atoms with Crippen LogP contribution < -0.4 is 5.32 Å². The molecule has 1 N–H and O–H groups in total. The number of benzene rings is 1. The molecule has 2 rings (SSSR count). The van der Waals surface area contributed by atoms with Gasteiger partial charge in [-0.15, -0.1) is 0 Å². The highest BCUT2D eigenvalue weighted by molar-refractivity contribution is 6.30. The third-order valence-electron chi connectivity index (χ3n) is 3.84. The van der Waals surface area contributed by atoms with Gasteiger partial charge in [-0.25, -0.2) is 0 Å². The van der Waals surface area contributed by atoms with Gasteiger partial charge < -0.3 is 5.32 Å². The van der Waals surface area contributed by atoms with Gasteiger partial charge in [-0.2, -0.15) is 0 Å². The minimum absolute atomic E-state index is 0.465. The van der Waals surface area contributed by atoms with E-state index in [0.717, 1.165) is 24.7 Å². The van der Waals surface area contributed by atoms with Crippen LogP contribution >= 0.6 is 11.6 Å². The van der Waals surface area contributed by atoms with Crippen molar-refractivity contribution in [3.05, 3.63) is 34.9 Å². The molecule has 0 saturated carbocycles. The lowest BCUT2D eigenvalue weighted by Gasteiger charge is -2.34. The molecule has 1 aliphatic rings. The Kier molecular flexibility index (Phi) is 5.04. The lowest BCUT2D eigenvalue weighted by Crippen LogP contribution is -2.39. The fourth-order valence-corrected chi connectivity index (χ4v) is 2.93. The molecule has 1 heterocycles. The van der Waals surface area contributed by atoms with Crippen molar-refractivity contribution in [2.24, 2.45) is 0 Å². The Morgan fingerprint density at radius 1 is 1.39 bits per heavy atom. The molecule has 2 unspecified atom stereocenters. The molecular weight excluding hydrogens is 244 g/mol. The molecule has 1 fully saturated rings. The molecule has 2 nitrogen and oxygen atoms in total. The number of hydrogen-bond donors (Lipinski definition) is 1. The summed E-state index contributed by atoms with van der Waals surface area (Å²) < 4.78 is 0. The second kappa shape index (κ2) is 6.55. The van der Waals surface area contributed by atoms with Crippen molar-refractivity contribution in [2.75, 3.05) is 19.6 Å². The van der Waals surface area contributed by atoms with Crippen molar-refractivity contribution in [1.82, 2.24) is 10.2 Å². The molecule has 0 bridgehead atoms. The first kappa shape index (κ1) is 13.9. The fraction of sp³-hybridized carbons (Fsp3) is 0.600. The highest BCUT2D eigenvalue weighted by Crippen LogP contribution is 2.26. The lowest BCUT2D eigenvalue weighted by atomic mass is 10.0. The zero-order valence-electron chi connectivity index (χ0n) is 11.3. The first-order valence-electron chi connectivity index (χ1n) is 6.94. The Balaban J connectivity index is 2.11. The first-order valence-corrected chi connectivity index (χ1v) is 7.32. The summed E-state index contributed by atoms with van der Waals surface area (Å²) in [5, 5.41) is 4.28. The topological polar surface area (TPSA) is 15.3 Å². The third-order valence-corrected chi connectivity index (χ3v) is 4.09. The van der Waals surface area contributed by atoms with Crippen LogP contribution in [0, 0.1) is 0 Å². The number of nitrogens with zero attached hydrogens (tertiary/aromatic N) is 1. The minimum Gasteiger partial charge on any atom is -0.315 e. The molecule has 1 aromatic carbocycles. The summed E-state index contributed by atoms with van der Waals surface area (Å²) in [6.45, 7) is 7.99. The molecule has 0 aromatic heterocycles. The van der Waals surface area contributed by atoms with Gasteiger partial charge in [0.2, 0.25) is 0 Å². The van der Waals surface area contributed by atoms with Gasteiger partial charge in [-0.05, 0) is 50.6 Å². The summed E-state index contributed by atoms with van der Waals surface area (Å²) in [6, 6.07) is 9.42. The van der Waals surface area contributed by atoms with Gasteiger partial charge in [0.05, 0.1) is 0 Å². The average molecular weight is 267 g/mol. The molecule has 3 heteroatoms. The van der Waals surface area contributed by atoms with Crippen LogP contribution in [0.5, 0.6) is 0 Å². The largest absolute Gasteiger partial charge is 0.315 e. The van der Waals surface area contributed by atoms with Gasteiger partial charge in [0, 0.05) is 23.7 Å². The zero-order chi connectivity index (χ0) is 13.0. The summed E-state index contributed by atoms with van der Waals surface area (Å²) in [6.07, 6.45) is 2.46. The second-order valence-corrected chi connectivity index (χ2v) is 5.55. The normalized spacial score (nSPS) is 21.4. The number of nitrogens with one attached hydrogen (secondary N) is 1. The van der Waals surface area contributed by atoms with E-state index >= 15 is 0 Å². The molecule has 1 saturated heterocycles. The van der Waals surface area contributed by atoms with E-state index in [9.17, 15) is 0 Å². The number of halogens is 1. The van der Waals surface area contributed by atoms with E-state index in [4.69, 9.17) is 11.6 Å². The maximum Gasteiger partial charge on any atom is 0.0406 e. The summed E-state index contributed by atoms with van der Waals surface area (Å²) in [4.78, 5) is 2.63. The van der Waals surface area contributed by atoms with E-state index in [1.165, 1.54) is 18.4 Å². The number of rotatable bonds is 5. The quantitative estimate of drug-likeness (QED) is 0.878. The van der Waals surface area contributed by atoms with Gasteiger partial charge in [-0.3, -0.25) is 4.90 Å². The molecule has 0 aliphatic carbocycles. The van der Waals surface area contributed by atoms with E-state index < -0.39 is 0 Å². The Morgan fingerprint density at radius 2 is 2.11 bits per heavy atom. The van der Waals surface area contributed by atoms with Crippen LogP contribution in [0.25, 0.3) is 0 Å². The van der Waals surface area contributed by atoms with E-state index in [1.54, 1.807) is 0 Å². The third kappa shape index (κ3) is 3.25. The molecular formula is C15H23ClN2. The van der Waals surface area contributed by atoms with Crippen LogP contribution in [0.3, 0.4) is 0 Å². The van der Waals surface area contributed by atoms with Crippen LogP contribution in [0.15, 0.2) is 24.3 Å². The number of hydrogen-bond acceptors (Lipinski definition) is 2. The maximum absolute atomic E-state index is 5.96. The minimum atomic E-state index is 0.465. The van der Waals surface area contributed by atoms with Crippen LogP contribution in [0.4, 0.5) is 0 Å². The summed E-state index contributed by atoms with van der Waals surface area (Å²) in [5.41, 5.74) is 1.36. The molecule has 18 heavy (non-hydrogen) atoms. The average Bonchev–Trinajstić information content (AvgIpc) is 2.90. The van der Waals surface area contributed by atoms with Gasteiger partial charge in [0.15, 0.2) is 0 Å². The maximum atomic E-state index is 5.96. The van der Waals surface area contributed by atoms with E-state index in [-0.39, 0.29) is 0 Å². The molecule has 1 aliphatic heterocycles. The Bertz CT molecular complexity index is 357. The molecule has 0 amide bonds. The van der Waals surface area contributed by atoms with Crippen molar-refractivity contribution >= 4 is 11.6 Å². The standard InChI is InChI=1S/C15H23ClN2/c1-3-10-18(15-8-9-17-11-15)12(2)13-4-6-14(16)7-5-13/h4-7,12,15,17H,3,8-11H2,1-2H3. The van der Waals surface area contributed by atoms with Crippen molar-refractivity contribution in [1.29, 1.82) is 0 Å². The van der Waals surface area contributed by atoms with Gasteiger partial charge in [-0.1, -0.05) is 30.7 Å². The smallest absolute Gasteiger partial charge is 0.0406 e. The van der Waals surface area contributed by atoms with Crippen LogP contribution in [0.1, 0.15) is 38.3 Å². The van der Waals surface area contributed by atoms with Crippen molar-refractivity contribution in [2.45, 2.75) is 38.8 Å². The highest BCUT2D eigenvalue weighted by Gasteiger charge is 2.26. The fourth-order valence-electron chi connectivity index (χ4n) is 2.81. The summed E-state index contributed by atoms with van der Waals surface area (Å²) in [5.74, 6) is 0. The summed E-state index contributed by atoms with van der Waals surface area (Å²) in [7, 11) is 0. The molecule has 0 spiro atoms. The van der Waals surface area contributed by atoms with Crippen molar-refractivity contribution in [3.8, 4) is 0 Å². The summed E-state index contributed by atoms with van der Waals surface area (Å²) >= 11 is 5.96. The van der Waals surface area contributed by atoms with Gasteiger partial charge in [0.25, 0.3) is 0 Å². The molecule has 1 aromatic rings. The second-order valence-electron chi connectivity index (χ2n) is 5.11. The van der Waals surface area contributed by atoms with Gasteiger partial charge >= 0.3 is 0 Å². The Morgan fingerprint density at radius 3 is 2.67 bits per heavy atom. The van der Waals surface area contributed by atoms with Gasteiger partial charge in [0.1, 0.15) is 0 Å². The van der Waals surface area contributed by atoms with Crippen molar-refractivity contribution in [3.63, 3.8) is 0 Å². The monoisotopic (exact) mass is 266 g/mol. The predicted molar refractivity (Wildman–Crippen MR) is 78.1 cm³/mol. The van der Waals surface area contributed by atoms with E-state index in [2.05, 4.69) is 36.2 Å². The molecule has 0 radical (unpaired) electrons. The predicted octanol–water partition coefficient (Wildman–Crippen LogP) is 3.47. The highest BCUT2D eigenvalue weighted by atomic mass is 35.5. The van der Waals surface area contributed by atoms with E-state index in [0.29, 0.717) is 12.1 Å². The van der Waals surface area contributed by atoms with Crippen molar-refractivity contribution < 1.29 is 0 Å². The molecule has 100 valence electrons. The van der Waals surface area contributed by atoms with Crippen LogP contribution in [-0.4, -0.2) is 30.6 Å². The van der Waals surface area contributed by atoms with Crippen LogP contribution in [-0.2, 0) is 0 Å². The van der Waals surface area contributed by atoms with Crippen LogP contribution in [0.2, 0.25) is 5.02 Å². The first-order chi connectivity index (χ1) is 8.72. The lowest BCUT2D eigenvalue weighted by molar-refractivity contribution is 0.153. The Labute approximate surface area is 115 Å². The molecule has 2 atom stereocenters.